The van der Waals surface area contributed by atoms with Gasteiger partial charge in [0.15, 0.2) is 5.16 Å². The predicted octanol–water partition coefficient (Wildman–Crippen LogP) is 5.57. The molecule has 3 aromatic rings. The molecule has 0 unspecified atom stereocenters. The van der Waals surface area contributed by atoms with Crippen molar-refractivity contribution in [2.75, 3.05) is 31.1 Å². The minimum absolute atomic E-state index is 0.145. The molecule has 0 aliphatic carbocycles. The number of benzene rings is 2. The fourth-order valence-electron chi connectivity index (χ4n) is 4.62. The third-order valence-electron chi connectivity index (χ3n) is 5.72. The van der Waals surface area contributed by atoms with Gasteiger partial charge in [0.25, 0.3) is 0 Å². The number of nitrogens with zero attached hydrogens (tertiary/aromatic N) is 3. The minimum atomic E-state index is -0.721. The number of nitrogens with one attached hydrogen (secondary N) is 1. The number of thioether (sulfide) groups is 1. The summed E-state index contributed by atoms with van der Waals surface area (Å²) < 4.78 is -0.145. The zero-order valence-corrected chi connectivity index (χ0v) is 20.9. The second kappa shape index (κ2) is 9.26. The second-order valence-corrected chi connectivity index (χ2v) is 12.1. The number of fused-ring (bicyclic) bond motifs is 1. The summed E-state index contributed by atoms with van der Waals surface area (Å²) in [5.41, 5.74) is 3.58. The number of aromatic amines is 1. The van der Waals surface area contributed by atoms with Crippen LogP contribution in [0.4, 0.5) is 5.69 Å². The lowest BCUT2D eigenvalue weighted by molar-refractivity contribution is 0.0629. The van der Waals surface area contributed by atoms with Crippen molar-refractivity contribution in [2.24, 2.45) is 0 Å². The summed E-state index contributed by atoms with van der Waals surface area (Å²) in [6.07, 6.45) is 0.668. The Bertz CT molecular complexity index is 1050. The van der Waals surface area contributed by atoms with E-state index in [9.17, 15) is 5.11 Å². The summed E-state index contributed by atoms with van der Waals surface area (Å²) >= 11 is 8.34. The lowest BCUT2D eigenvalue weighted by atomic mass is 9.96. The highest BCUT2D eigenvalue weighted by molar-refractivity contribution is 8.00. The third-order valence-corrected chi connectivity index (χ3v) is 7.11. The lowest BCUT2D eigenvalue weighted by Crippen LogP contribution is -2.46. The molecule has 0 saturated carbocycles. The van der Waals surface area contributed by atoms with Crippen LogP contribution in [0.2, 0.25) is 5.02 Å². The van der Waals surface area contributed by atoms with Crippen LogP contribution in [0.1, 0.15) is 39.7 Å². The molecule has 2 aromatic carbocycles. The molecule has 32 heavy (non-hydrogen) atoms. The standard InChI is InChI=1S/C25H33ClN4OS/c1-24(2,31)17-25(3,4)32-23-27-20-14-19(26)22(15-21(20)28-23)30-12-10-29(11-13-30)16-18-8-6-5-7-9-18/h5-9,14-15,31H,10-13,16-17H2,1-4H3,(H,27,28). The maximum Gasteiger partial charge on any atom is 0.166 e. The highest BCUT2D eigenvalue weighted by Gasteiger charge is 2.29. The first-order valence-corrected chi connectivity index (χ1v) is 12.4. The molecular weight excluding hydrogens is 440 g/mol. The number of rotatable bonds is 7. The van der Waals surface area contributed by atoms with E-state index in [1.807, 2.05) is 19.9 Å². The van der Waals surface area contributed by atoms with Crippen LogP contribution < -0.4 is 4.90 Å². The first-order chi connectivity index (χ1) is 15.1. The quantitative estimate of drug-likeness (QED) is 0.440. The molecule has 4 rings (SSSR count). The van der Waals surface area contributed by atoms with E-state index in [2.05, 4.69) is 65.0 Å². The van der Waals surface area contributed by atoms with E-state index in [4.69, 9.17) is 16.6 Å². The van der Waals surface area contributed by atoms with Gasteiger partial charge in [0.1, 0.15) is 0 Å². The molecule has 1 aliphatic rings. The van der Waals surface area contributed by atoms with Crippen LogP contribution in [0, 0.1) is 0 Å². The smallest absolute Gasteiger partial charge is 0.166 e. The molecule has 2 heterocycles. The van der Waals surface area contributed by atoms with Gasteiger partial charge in [0.05, 0.1) is 27.3 Å². The van der Waals surface area contributed by atoms with Gasteiger partial charge in [-0.05, 0) is 38.0 Å². The Hall–Kier alpha value is -1.73. The predicted molar refractivity (Wildman–Crippen MR) is 136 cm³/mol. The molecule has 0 spiro atoms. The Kier molecular flexibility index (Phi) is 6.78. The van der Waals surface area contributed by atoms with Gasteiger partial charge in [-0.25, -0.2) is 4.98 Å². The number of halogens is 1. The Balaban J connectivity index is 1.44. The highest BCUT2D eigenvalue weighted by Crippen LogP contribution is 2.39. The zero-order chi connectivity index (χ0) is 22.9. The van der Waals surface area contributed by atoms with Crippen molar-refractivity contribution in [3.05, 3.63) is 53.1 Å². The van der Waals surface area contributed by atoms with E-state index in [0.29, 0.717) is 6.42 Å². The molecule has 0 amide bonds. The molecule has 1 aliphatic heterocycles. The lowest BCUT2D eigenvalue weighted by Gasteiger charge is -2.36. The first-order valence-electron chi connectivity index (χ1n) is 11.2. The van der Waals surface area contributed by atoms with Crippen LogP contribution in [0.3, 0.4) is 0 Å². The van der Waals surface area contributed by atoms with Crippen LogP contribution in [-0.4, -0.2) is 56.5 Å². The van der Waals surface area contributed by atoms with Gasteiger partial charge in [0.2, 0.25) is 0 Å². The van der Waals surface area contributed by atoms with Crippen LogP contribution in [0.5, 0.6) is 0 Å². The molecule has 0 atom stereocenters. The van der Waals surface area contributed by atoms with Gasteiger partial charge in [-0.1, -0.05) is 67.5 Å². The SMILES string of the molecule is CC(C)(O)CC(C)(C)Sc1nc2cc(Cl)c(N3CCN(Cc4ccccc4)CC3)cc2[nH]1. The van der Waals surface area contributed by atoms with Crippen molar-refractivity contribution in [3.8, 4) is 0 Å². The third kappa shape index (κ3) is 5.98. The Labute approximate surface area is 200 Å². The number of anilines is 1. The van der Waals surface area contributed by atoms with Gasteiger partial charge in [-0.15, -0.1) is 0 Å². The second-order valence-electron chi connectivity index (χ2n) is 9.96. The van der Waals surface area contributed by atoms with Crippen LogP contribution >= 0.6 is 23.4 Å². The molecule has 1 saturated heterocycles. The number of aliphatic hydroxyl groups is 1. The average Bonchev–Trinajstić information content (AvgIpc) is 3.07. The van der Waals surface area contributed by atoms with Crippen LogP contribution in [0.15, 0.2) is 47.6 Å². The summed E-state index contributed by atoms with van der Waals surface area (Å²) in [4.78, 5) is 13.1. The molecule has 7 heteroatoms. The van der Waals surface area contributed by atoms with Crippen LogP contribution in [0.25, 0.3) is 11.0 Å². The maximum absolute atomic E-state index is 10.2. The van der Waals surface area contributed by atoms with E-state index < -0.39 is 5.60 Å². The number of aromatic nitrogens is 2. The number of hydrogen-bond donors (Lipinski definition) is 2. The highest BCUT2D eigenvalue weighted by atomic mass is 35.5. The molecule has 0 radical (unpaired) electrons. The van der Waals surface area contributed by atoms with Crippen molar-refractivity contribution in [1.82, 2.24) is 14.9 Å². The van der Waals surface area contributed by atoms with E-state index in [1.165, 1.54) is 5.56 Å². The van der Waals surface area contributed by atoms with Crippen molar-refractivity contribution in [3.63, 3.8) is 0 Å². The summed E-state index contributed by atoms with van der Waals surface area (Å²) in [6, 6.07) is 14.7. The molecule has 5 nitrogen and oxygen atoms in total. The van der Waals surface area contributed by atoms with Gasteiger partial charge in [0, 0.05) is 37.5 Å². The number of imidazole rings is 1. The maximum atomic E-state index is 10.2. The fraction of sp³-hybridized carbons (Fsp3) is 0.480. The van der Waals surface area contributed by atoms with Crippen molar-refractivity contribution < 1.29 is 5.11 Å². The topological polar surface area (TPSA) is 55.4 Å². The van der Waals surface area contributed by atoms with Crippen molar-refractivity contribution >= 4 is 40.1 Å². The number of H-pyrrole nitrogens is 1. The summed E-state index contributed by atoms with van der Waals surface area (Å²) in [5, 5.41) is 11.8. The number of piperazine rings is 1. The van der Waals surface area contributed by atoms with Gasteiger partial charge < -0.3 is 15.0 Å². The van der Waals surface area contributed by atoms with Crippen molar-refractivity contribution in [1.29, 1.82) is 0 Å². The molecule has 1 aromatic heterocycles. The summed E-state index contributed by atoms with van der Waals surface area (Å²) in [6.45, 7) is 12.9. The Morgan fingerprint density at radius 3 is 2.41 bits per heavy atom. The molecule has 2 N–H and O–H groups in total. The normalized spacial score (nSPS) is 16.1. The fourth-order valence-corrected chi connectivity index (χ4v) is 6.15. The zero-order valence-electron chi connectivity index (χ0n) is 19.4. The summed E-state index contributed by atoms with van der Waals surface area (Å²) in [5.74, 6) is 0. The minimum Gasteiger partial charge on any atom is -0.390 e. The Morgan fingerprint density at radius 2 is 1.75 bits per heavy atom. The van der Waals surface area contributed by atoms with Gasteiger partial charge in [-0.3, -0.25) is 4.90 Å². The van der Waals surface area contributed by atoms with E-state index in [1.54, 1.807) is 11.8 Å². The average molecular weight is 473 g/mol. The van der Waals surface area contributed by atoms with Crippen molar-refractivity contribution in [2.45, 2.75) is 56.2 Å². The van der Waals surface area contributed by atoms with E-state index in [-0.39, 0.29) is 4.75 Å². The summed E-state index contributed by atoms with van der Waals surface area (Å²) in [7, 11) is 0. The van der Waals surface area contributed by atoms with Gasteiger partial charge >= 0.3 is 0 Å². The van der Waals surface area contributed by atoms with E-state index >= 15 is 0 Å². The molecular formula is C25H33ClN4OS. The molecule has 0 bridgehead atoms. The molecule has 172 valence electrons. The molecule has 1 fully saturated rings. The number of hydrogen-bond acceptors (Lipinski definition) is 5. The van der Waals surface area contributed by atoms with Crippen LogP contribution in [-0.2, 0) is 6.54 Å². The monoisotopic (exact) mass is 472 g/mol. The first kappa shape index (κ1) is 23.4. The Morgan fingerprint density at radius 1 is 1.06 bits per heavy atom. The van der Waals surface area contributed by atoms with Gasteiger partial charge in [-0.2, -0.15) is 0 Å². The van der Waals surface area contributed by atoms with E-state index in [0.717, 1.165) is 59.6 Å². The largest absolute Gasteiger partial charge is 0.390 e.